The first-order valence-corrected chi connectivity index (χ1v) is 7.85. The smallest absolute Gasteiger partial charge is 0.268 e. The van der Waals surface area contributed by atoms with E-state index in [-0.39, 0.29) is 11.9 Å². The Morgan fingerprint density at radius 1 is 1.35 bits per heavy atom. The molecule has 0 N–H and O–H groups in total. The van der Waals surface area contributed by atoms with Gasteiger partial charge in [0.15, 0.2) is 0 Å². The minimum atomic E-state index is -3.39. The monoisotopic (exact) mass is 261 g/mol. The summed E-state index contributed by atoms with van der Waals surface area (Å²) in [5.41, 5.74) is 0. The fraction of sp³-hybridized carbons (Fsp3) is 0.833. The molecule has 5 heteroatoms. The highest BCUT2D eigenvalue weighted by Gasteiger charge is 2.18. The van der Waals surface area contributed by atoms with Gasteiger partial charge in [0.25, 0.3) is 10.1 Å². The molecule has 1 fully saturated rings. The summed E-state index contributed by atoms with van der Waals surface area (Å²) < 4.78 is 28.4. The van der Waals surface area contributed by atoms with Crippen LogP contribution in [0.4, 0.5) is 0 Å². The Morgan fingerprint density at radius 3 is 2.59 bits per heavy atom. The molecule has 1 atom stereocenters. The van der Waals surface area contributed by atoms with E-state index in [0.29, 0.717) is 13.0 Å². The average Bonchev–Trinajstić information content (AvgIpc) is 2.27. The minimum absolute atomic E-state index is 0.0917. The first kappa shape index (κ1) is 14.7. The SMILES string of the molecule is C=CCC(C)OS(=O)(=O)CCN1CCCCC1. The lowest BCUT2D eigenvalue weighted by molar-refractivity contribution is 0.218. The van der Waals surface area contributed by atoms with Crippen molar-refractivity contribution >= 4 is 10.1 Å². The van der Waals surface area contributed by atoms with Crippen molar-refractivity contribution < 1.29 is 12.6 Å². The standard InChI is InChI=1S/C12H23NO3S/c1-3-7-12(2)16-17(14,15)11-10-13-8-5-4-6-9-13/h3,12H,1,4-11H2,2H3. The van der Waals surface area contributed by atoms with Crippen molar-refractivity contribution in [2.24, 2.45) is 0 Å². The van der Waals surface area contributed by atoms with Crippen LogP contribution in [0.3, 0.4) is 0 Å². The van der Waals surface area contributed by atoms with Crippen LogP contribution in [-0.4, -0.2) is 44.8 Å². The Labute approximate surface area is 105 Å². The maximum Gasteiger partial charge on any atom is 0.268 e. The van der Waals surface area contributed by atoms with E-state index in [1.54, 1.807) is 13.0 Å². The molecule has 0 spiro atoms. The summed E-state index contributed by atoms with van der Waals surface area (Å²) in [6.45, 7) is 7.93. The van der Waals surface area contributed by atoms with Gasteiger partial charge in [-0.1, -0.05) is 12.5 Å². The van der Waals surface area contributed by atoms with Gasteiger partial charge in [0, 0.05) is 6.54 Å². The summed E-state index contributed by atoms with van der Waals surface area (Å²) >= 11 is 0. The molecular weight excluding hydrogens is 238 g/mol. The molecular formula is C12H23NO3S. The first-order chi connectivity index (χ1) is 8.03. The summed E-state index contributed by atoms with van der Waals surface area (Å²) in [7, 11) is -3.39. The van der Waals surface area contributed by atoms with Gasteiger partial charge in [0.05, 0.1) is 11.9 Å². The molecule has 0 aromatic heterocycles. The molecule has 1 heterocycles. The van der Waals surface area contributed by atoms with Gasteiger partial charge < -0.3 is 4.90 Å². The third-order valence-corrected chi connectivity index (χ3v) is 4.22. The van der Waals surface area contributed by atoms with E-state index in [1.807, 2.05) is 0 Å². The van der Waals surface area contributed by atoms with E-state index in [1.165, 1.54) is 19.3 Å². The van der Waals surface area contributed by atoms with Crippen LogP contribution in [0.5, 0.6) is 0 Å². The molecule has 0 amide bonds. The molecule has 0 radical (unpaired) electrons. The third kappa shape index (κ3) is 6.19. The highest BCUT2D eigenvalue weighted by atomic mass is 32.2. The van der Waals surface area contributed by atoms with E-state index in [9.17, 15) is 8.42 Å². The van der Waals surface area contributed by atoms with E-state index in [0.717, 1.165) is 13.1 Å². The number of rotatable bonds is 7. The van der Waals surface area contributed by atoms with Gasteiger partial charge in [-0.2, -0.15) is 8.42 Å². The second-order valence-corrected chi connectivity index (χ2v) is 6.31. The maximum absolute atomic E-state index is 11.7. The molecule has 0 saturated carbocycles. The fourth-order valence-corrected chi connectivity index (χ4v) is 3.15. The van der Waals surface area contributed by atoms with Crippen LogP contribution in [0.25, 0.3) is 0 Å². The Kier molecular flexibility index (Phi) is 6.16. The lowest BCUT2D eigenvalue weighted by Gasteiger charge is -2.26. The lowest BCUT2D eigenvalue weighted by atomic mass is 10.1. The zero-order chi connectivity index (χ0) is 12.7. The van der Waals surface area contributed by atoms with Gasteiger partial charge in [0.2, 0.25) is 0 Å². The van der Waals surface area contributed by atoms with Gasteiger partial charge in [-0.15, -0.1) is 6.58 Å². The van der Waals surface area contributed by atoms with Crippen LogP contribution >= 0.6 is 0 Å². The maximum atomic E-state index is 11.7. The number of nitrogens with zero attached hydrogens (tertiary/aromatic N) is 1. The molecule has 0 aromatic rings. The Hall–Kier alpha value is -0.390. The second-order valence-electron chi connectivity index (χ2n) is 4.60. The zero-order valence-electron chi connectivity index (χ0n) is 10.6. The summed E-state index contributed by atoms with van der Waals surface area (Å²) in [5.74, 6) is 0.0917. The molecule has 0 aliphatic carbocycles. The van der Waals surface area contributed by atoms with Crippen LogP contribution in [0.2, 0.25) is 0 Å². The Bertz CT molecular complexity index is 321. The van der Waals surface area contributed by atoms with Crippen molar-refractivity contribution in [3.8, 4) is 0 Å². The molecule has 1 aliphatic rings. The number of hydrogen-bond donors (Lipinski definition) is 0. The van der Waals surface area contributed by atoms with Crippen molar-refractivity contribution in [1.29, 1.82) is 0 Å². The third-order valence-electron chi connectivity index (χ3n) is 2.92. The molecule has 100 valence electrons. The Morgan fingerprint density at radius 2 is 2.00 bits per heavy atom. The van der Waals surface area contributed by atoms with E-state index < -0.39 is 10.1 Å². The molecule has 1 aliphatic heterocycles. The Balaban J connectivity index is 2.30. The largest absolute Gasteiger partial charge is 0.302 e. The molecule has 0 aromatic carbocycles. The fourth-order valence-electron chi connectivity index (χ4n) is 2.00. The topological polar surface area (TPSA) is 46.6 Å². The van der Waals surface area contributed by atoms with Crippen LogP contribution in [0, 0.1) is 0 Å². The van der Waals surface area contributed by atoms with E-state index in [2.05, 4.69) is 11.5 Å². The van der Waals surface area contributed by atoms with Crippen LogP contribution in [-0.2, 0) is 14.3 Å². The van der Waals surface area contributed by atoms with Gasteiger partial charge in [-0.3, -0.25) is 4.18 Å². The highest BCUT2D eigenvalue weighted by Crippen LogP contribution is 2.10. The highest BCUT2D eigenvalue weighted by molar-refractivity contribution is 7.86. The van der Waals surface area contributed by atoms with Crippen LogP contribution in [0.1, 0.15) is 32.6 Å². The van der Waals surface area contributed by atoms with Crippen LogP contribution < -0.4 is 0 Å². The summed E-state index contributed by atoms with van der Waals surface area (Å²) in [4.78, 5) is 2.20. The van der Waals surface area contributed by atoms with Gasteiger partial charge in [-0.25, -0.2) is 0 Å². The van der Waals surface area contributed by atoms with E-state index in [4.69, 9.17) is 4.18 Å². The molecule has 1 rings (SSSR count). The number of piperidine rings is 1. The van der Waals surface area contributed by atoms with Gasteiger partial charge >= 0.3 is 0 Å². The van der Waals surface area contributed by atoms with Crippen molar-refractivity contribution in [3.63, 3.8) is 0 Å². The van der Waals surface area contributed by atoms with Crippen molar-refractivity contribution in [2.75, 3.05) is 25.4 Å². The summed E-state index contributed by atoms with van der Waals surface area (Å²) in [6, 6.07) is 0. The zero-order valence-corrected chi connectivity index (χ0v) is 11.4. The quantitative estimate of drug-likeness (QED) is 0.518. The number of hydrogen-bond acceptors (Lipinski definition) is 4. The summed E-state index contributed by atoms with van der Waals surface area (Å²) in [6.07, 6.45) is 5.53. The van der Waals surface area contributed by atoms with Gasteiger partial charge in [0.1, 0.15) is 0 Å². The first-order valence-electron chi connectivity index (χ1n) is 6.28. The minimum Gasteiger partial charge on any atom is -0.302 e. The van der Waals surface area contributed by atoms with Crippen LogP contribution in [0.15, 0.2) is 12.7 Å². The molecule has 17 heavy (non-hydrogen) atoms. The molecule has 0 bridgehead atoms. The second kappa shape index (κ2) is 7.13. The van der Waals surface area contributed by atoms with Crippen molar-refractivity contribution in [3.05, 3.63) is 12.7 Å². The molecule has 1 saturated heterocycles. The van der Waals surface area contributed by atoms with Gasteiger partial charge in [-0.05, 0) is 39.3 Å². The molecule has 4 nitrogen and oxygen atoms in total. The summed E-state index contributed by atoms with van der Waals surface area (Å²) in [5, 5.41) is 0. The van der Waals surface area contributed by atoms with Crippen molar-refractivity contribution in [1.82, 2.24) is 4.90 Å². The molecule has 1 unspecified atom stereocenters. The lowest BCUT2D eigenvalue weighted by Crippen LogP contribution is -2.34. The predicted molar refractivity (Wildman–Crippen MR) is 69.4 cm³/mol. The normalized spacial score (nSPS) is 20.1. The number of likely N-dealkylation sites (tertiary alicyclic amines) is 1. The van der Waals surface area contributed by atoms with E-state index >= 15 is 0 Å². The average molecular weight is 261 g/mol. The van der Waals surface area contributed by atoms with Crippen molar-refractivity contribution in [2.45, 2.75) is 38.7 Å². The predicted octanol–water partition coefficient (Wildman–Crippen LogP) is 1.78.